The first kappa shape index (κ1) is 19.3. The van der Waals surface area contributed by atoms with Crippen molar-refractivity contribution in [2.75, 3.05) is 7.11 Å². The van der Waals surface area contributed by atoms with Gasteiger partial charge in [0.25, 0.3) is 0 Å². The Labute approximate surface area is 174 Å². The molecular formula is C24H21N3O3. The minimum atomic E-state index is 0.0560. The fourth-order valence-corrected chi connectivity index (χ4v) is 3.17. The molecule has 2 heterocycles. The van der Waals surface area contributed by atoms with Gasteiger partial charge in [-0.3, -0.25) is 0 Å². The maximum atomic E-state index is 10.9. The van der Waals surface area contributed by atoms with Gasteiger partial charge in [0.15, 0.2) is 17.3 Å². The van der Waals surface area contributed by atoms with Gasteiger partial charge in [-0.2, -0.15) is 9.78 Å². The highest BCUT2D eigenvalue weighted by atomic mass is 16.5. The molecule has 6 nitrogen and oxygen atoms in total. The van der Waals surface area contributed by atoms with Gasteiger partial charge < -0.3 is 14.9 Å². The smallest absolute Gasteiger partial charge is 0.219 e. The summed E-state index contributed by atoms with van der Waals surface area (Å²) in [7, 11) is 1.51. The van der Waals surface area contributed by atoms with Gasteiger partial charge in [0.1, 0.15) is 0 Å². The Morgan fingerprint density at radius 1 is 0.967 bits per heavy atom. The maximum Gasteiger partial charge on any atom is 0.219 e. The zero-order valence-electron chi connectivity index (χ0n) is 16.4. The third kappa shape index (κ3) is 4.03. The Morgan fingerprint density at radius 2 is 1.77 bits per heavy atom. The summed E-state index contributed by atoms with van der Waals surface area (Å²) in [6.07, 6.45) is 5.88. The van der Waals surface area contributed by atoms with Crippen molar-refractivity contribution in [3.63, 3.8) is 0 Å². The van der Waals surface area contributed by atoms with Gasteiger partial charge in [0.2, 0.25) is 5.88 Å². The predicted molar refractivity (Wildman–Crippen MR) is 116 cm³/mol. The van der Waals surface area contributed by atoms with Crippen LogP contribution in [-0.2, 0) is 6.42 Å². The van der Waals surface area contributed by atoms with Crippen molar-refractivity contribution >= 4 is 12.2 Å². The Balaban J connectivity index is 1.75. The van der Waals surface area contributed by atoms with Crippen LogP contribution in [0.4, 0.5) is 0 Å². The van der Waals surface area contributed by atoms with Crippen molar-refractivity contribution in [3.05, 3.63) is 95.3 Å². The SMILES string of the molecule is COc1cc(/C=C/c2nn(-c3ccccn3)c(O)c2Cc2ccccc2)ccc1O. The van der Waals surface area contributed by atoms with Crippen molar-refractivity contribution < 1.29 is 14.9 Å². The molecule has 0 saturated carbocycles. The molecule has 0 unspecified atom stereocenters. The Kier molecular flexibility index (Phi) is 5.48. The van der Waals surface area contributed by atoms with Crippen LogP contribution < -0.4 is 4.74 Å². The third-order valence-corrected chi connectivity index (χ3v) is 4.71. The molecule has 4 rings (SSSR count). The average molecular weight is 399 g/mol. The first-order chi connectivity index (χ1) is 14.7. The van der Waals surface area contributed by atoms with E-state index in [2.05, 4.69) is 10.1 Å². The van der Waals surface area contributed by atoms with Crippen LogP contribution in [0.1, 0.15) is 22.4 Å². The monoisotopic (exact) mass is 399 g/mol. The second-order valence-corrected chi connectivity index (χ2v) is 6.71. The van der Waals surface area contributed by atoms with Gasteiger partial charge in [-0.15, -0.1) is 0 Å². The molecule has 2 N–H and O–H groups in total. The average Bonchev–Trinajstić information content (AvgIpc) is 3.10. The van der Waals surface area contributed by atoms with E-state index < -0.39 is 0 Å². The Bertz CT molecular complexity index is 1170. The summed E-state index contributed by atoms with van der Waals surface area (Å²) in [5.74, 6) is 1.07. The molecule has 0 bridgehead atoms. The number of hydrogen-bond donors (Lipinski definition) is 2. The number of aromatic nitrogens is 3. The highest BCUT2D eigenvalue weighted by Gasteiger charge is 2.18. The van der Waals surface area contributed by atoms with Crippen LogP contribution >= 0.6 is 0 Å². The summed E-state index contributed by atoms with van der Waals surface area (Å²) in [4.78, 5) is 4.29. The van der Waals surface area contributed by atoms with E-state index in [0.29, 0.717) is 29.2 Å². The molecule has 0 atom stereocenters. The standard InChI is InChI=1S/C24H21N3O3/c1-30-22-16-18(11-13-21(22)28)10-12-20-19(15-17-7-3-2-4-8-17)24(29)27(26-20)23-9-5-6-14-25-23/h2-14,16,28-29H,15H2,1H3/b12-10+. The molecule has 6 heteroatoms. The van der Waals surface area contributed by atoms with Gasteiger partial charge in [-0.25, -0.2) is 4.98 Å². The summed E-state index contributed by atoms with van der Waals surface area (Å²) in [5, 5.41) is 25.3. The number of hydrogen-bond acceptors (Lipinski definition) is 5. The first-order valence-electron chi connectivity index (χ1n) is 9.47. The molecule has 30 heavy (non-hydrogen) atoms. The molecular weight excluding hydrogens is 378 g/mol. The van der Waals surface area contributed by atoms with Crippen LogP contribution in [0.5, 0.6) is 17.4 Å². The normalized spacial score (nSPS) is 11.1. The number of rotatable bonds is 6. The fraction of sp³-hybridized carbons (Fsp3) is 0.0833. The van der Waals surface area contributed by atoms with Crippen LogP contribution in [-0.4, -0.2) is 32.1 Å². The number of benzene rings is 2. The molecule has 0 fully saturated rings. The summed E-state index contributed by atoms with van der Waals surface area (Å²) in [6, 6.07) is 20.4. The lowest BCUT2D eigenvalue weighted by Gasteiger charge is -2.04. The van der Waals surface area contributed by atoms with Gasteiger partial charge in [-0.1, -0.05) is 48.5 Å². The maximum absolute atomic E-state index is 10.9. The van der Waals surface area contributed by atoms with E-state index in [4.69, 9.17) is 4.74 Å². The topological polar surface area (TPSA) is 80.4 Å². The van der Waals surface area contributed by atoms with Crippen molar-refractivity contribution in [2.24, 2.45) is 0 Å². The van der Waals surface area contributed by atoms with E-state index in [1.54, 1.807) is 30.5 Å². The molecule has 0 amide bonds. The highest BCUT2D eigenvalue weighted by molar-refractivity contribution is 5.72. The summed E-state index contributed by atoms with van der Waals surface area (Å²) in [6.45, 7) is 0. The van der Waals surface area contributed by atoms with Gasteiger partial charge >= 0.3 is 0 Å². The molecule has 0 aliphatic carbocycles. The van der Waals surface area contributed by atoms with Crippen LogP contribution in [0.15, 0.2) is 72.9 Å². The molecule has 4 aromatic rings. The van der Waals surface area contributed by atoms with E-state index >= 15 is 0 Å². The van der Waals surface area contributed by atoms with Crippen molar-refractivity contribution in [1.82, 2.24) is 14.8 Å². The highest BCUT2D eigenvalue weighted by Crippen LogP contribution is 2.30. The Morgan fingerprint density at radius 3 is 2.50 bits per heavy atom. The lowest BCUT2D eigenvalue weighted by Crippen LogP contribution is -1.98. The van der Waals surface area contributed by atoms with Gasteiger partial charge in [0, 0.05) is 18.2 Å². The molecule has 0 aliphatic rings. The van der Waals surface area contributed by atoms with Crippen molar-refractivity contribution in [3.8, 4) is 23.2 Å². The third-order valence-electron chi connectivity index (χ3n) is 4.71. The molecule has 2 aromatic carbocycles. The van der Waals surface area contributed by atoms with Crippen molar-refractivity contribution in [1.29, 1.82) is 0 Å². The number of phenols is 1. The van der Waals surface area contributed by atoms with E-state index in [1.807, 2.05) is 54.6 Å². The number of ether oxygens (including phenoxy) is 1. The quantitative estimate of drug-likeness (QED) is 0.501. The second-order valence-electron chi connectivity index (χ2n) is 6.71. The van der Waals surface area contributed by atoms with Crippen LogP contribution in [0.2, 0.25) is 0 Å². The minimum absolute atomic E-state index is 0.0560. The predicted octanol–water partition coefficient (Wildman–Crippen LogP) is 4.45. The Hall–Kier alpha value is -4.06. The largest absolute Gasteiger partial charge is 0.504 e. The minimum Gasteiger partial charge on any atom is -0.504 e. The summed E-state index contributed by atoms with van der Waals surface area (Å²) < 4.78 is 6.61. The van der Waals surface area contributed by atoms with Gasteiger partial charge in [-0.05, 0) is 41.5 Å². The second kappa shape index (κ2) is 8.53. The number of pyridine rings is 1. The number of aromatic hydroxyl groups is 2. The van der Waals surface area contributed by atoms with Crippen LogP contribution in [0.25, 0.3) is 18.0 Å². The first-order valence-corrected chi connectivity index (χ1v) is 9.47. The zero-order chi connectivity index (χ0) is 20.9. The lowest BCUT2D eigenvalue weighted by atomic mass is 10.0. The molecule has 0 aliphatic heterocycles. The van der Waals surface area contributed by atoms with E-state index in [9.17, 15) is 10.2 Å². The van der Waals surface area contributed by atoms with E-state index in [0.717, 1.165) is 11.1 Å². The van der Waals surface area contributed by atoms with Gasteiger partial charge in [0.05, 0.1) is 12.8 Å². The van der Waals surface area contributed by atoms with Crippen LogP contribution in [0.3, 0.4) is 0 Å². The van der Waals surface area contributed by atoms with E-state index in [-0.39, 0.29) is 11.6 Å². The fourth-order valence-electron chi connectivity index (χ4n) is 3.17. The number of nitrogens with zero attached hydrogens (tertiary/aromatic N) is 3. The number of methoxy groups -OCH3 is 1. The summed E-state index contributed by atoms with van der Waals surface area (Å²) >= 11 is 0. The lowest BCUT2D eigenvalue weighted by molar-refractivity contribution is 0.373. The number of phenolic OH excluding ortho intramolecular Hbond substituents is 1. The van der Waals surface area contributed by atoms with Crippen molar-refractivity contribution in [2.45, 2.75) is 6.42 Å². The summed E-state index contributed by atoms with van der Waals surface area (Å²) in [5.41, 5.74) is 3.24. The molecule has 0 saturated heterocycles. The van der Waals surface area contributed by atoms with Crippen LogP contribution in [0, 0.1) is 0 Å². The molecule has 150 valence electrons. The van der Waals surface area contributed by atoms with E-state index in [1.165, 1.54) is 11.8 Å². The zero-order valence-corrected chi connectivity index (χ0v) is 16.4. The molecule has 0 radical (unpaired) electrons. The molecule has 2 aromatic heterocycles. The molecule has 0 spiro atoms.